The number of hydrogen-bond acceptors (Lipinski definition) is 2. The van der Waals surface area contributed by atoms with Crippen molar-refractivity contribution in [2.75, 3.05) is 6.54 Å². The SMILES string of the molecule is O=C(O)C(=O)NCC1CC(F)(F)C1. The van der Waals surface area contributed by atoms with Gasteiger partial charge in [-0.3, -0.25) is 4.79 Å². The van der Waals surface area contributed by atoms with Gasteiger partial charge in [0, 0.05) is 19.4 Å². The number of amides is 1. The zero-order chi connectivity index (χ0) is 10.1. The van der Waals surface area contributed by atoms with Gasteiger partial charge in [0.25, 0.3) is 0 Å². The van der Waals surface area contributed by atoms with E-state index >= 15 is 0 Å². The molecular formula is C7H9F2NO3. The zero-order valence-electron chi connectivity index (χ0n) is 6.72. The summed E-state index contributed by atoms with van der Waals surface area (Å²) in [6, 6.07) is 0. The maximum Gasteiger partial charge on any atom is 0.394 e. The summed E-state index contributed by atoms with van der Waals surface area (Å²) in [7, 11) is 0. The molecule has 74 valence electrons. The number of carbonyl (C=O) groups excluding carboxylic acids is 1. The average molecular weight is 193 g/mol. The van der Waals surface area contributed by atoms with Crippen LogP contribution < -0.4 is 5.32 Å². The summed E-state index contributed by atoms with van der Waals surface area (Å²) in [6.07, 6.45) is -0.542. The number of aliphatic carboxylic acids is 1. The minimum absolute atomic E-state index is 0.0146. The second-order valence-corrected chi connectivity index (χ2v) is 3.15. The summed E-state index contributed by atoms with van der Waals surface area (Å²) in [5.41, 5.74) is 0. The van der Waals surface area contributed by atoms with Crippen molar-refractivity contribution in [1.29, 1.82) is 0 Å². The lowest BCUT2D eigenvalue weighted by Gasteiger charge is -2.34. The molecule has 13 heavy (non-hydrogen) atoms. The van der Waals surface area contributed by atoms with Crippen LogP contribution in [0.25, 0.3) is 0 Å². The number of alkyl halides is 2. The van der Waals surface area contributed by atoms with Crippen molar-refractivity contribution >= 4 is 11.9 Å². The molecule has 1 saturated carbocycles. The molecule has 6 heteroatoms. The molecule has 1 aliphatic rings. The Labute approximate surface area is 72.9 Å². The molecule has 1 fully saturated rings. The van der Waals surface area contributed by atoms with Crippen LogP contribution in [0.4, 0.5) is 8.78 Å². The number of rotatable bonds is 2. The Morgan fingerprint density at radius 3 is 2.38 bits per heavy atom. The first-order valence-electron chi connectivity index (χ1n) is 3.80. The molecule has 0 spiro atoms. The fourth-order valence-corrected chi connectivity index (χ4v) is 1.24. The highest BCUT2D eigenvalue weighted by Gasteiger charge is 2.45. The summed E-state index contributed by atoms with van der Waals surface area (Å²) in [5.74, 6) is -5.65. The Morgan fingerprint density at radius 1 is 1.46 bits per heavy atom. The van der Waals surface area contributed by atoms with Gasteiger partial charge in [-0.15, -0.1) is 0 Å². The number of hydrogen-bond donors (Lipinski definition) is 2. The van der Waals surface area contributed by atoms with E-state index in [1.165, 1.54) is 0 Å². The minimum Gasteiger partial charge on any atom is -0.474 e. The van der Waals surface area contributed by atoms with Gasteiger partial charge in [-0.05, 0) is 5.92 Å². The first-order valence-corrected chi connectivity index (χ1v) is 3.80. The monoisotopic (exact) mass is 193 g/mol. The van der Waals surface area contributed by atoms with Crippen LogP contribution in [0.2, 0.25) is 0 Å². The second kappa shape index (κ2) is 3.27. The molecule has 0 aromatic carbocycles. The number of nitrogens with one attached hydrogen (secondary N) is 1. The molecule has 0 aromatic rings. The molecule has 0 aromatic heterocycles. The largest absolute Gasteiger partial charge is 0.474 e. The van der Waals surface area contributed by atoms with E-state index in [-0.39, 0.29) is 25.3 Å². The molecule has 1 rings (SSSR count). The number of carboxylic acids is 1. The van der Waals surface area contributed by atoms with Crippen LogP contribution in [0.3, 0.4) is 0 Å². The van der Waals surface area contributed by atoms with E-state index < -0.39 is 17.8 Å². The quantitative estimate of drug-likeness (QED) is 0.617. The molecule has 0 radical (unpaired) electrons. The van der Waals surface area contributed by atoms with E-state index in [2.05, 4.69) is 5.32 Å². The molecule has 2 N–H and O–H groups in total. The summed E-state index contributed by atoms with van der Waals surface area (Å²) in [4.78, 5) is 20.4. The fraction of sp³-hybridized carbons (Fsp3) is 0.714. The molecule has 1 aliphatic carbocycles. The standard InChI is InChI=1S/C7H9F2NO3/c8-7(9)1-4(2-7)3-10-5(11)6(12)13/h4H,1-3H2,(H,10,11)(H,12,13). The van der Waals surface area contributed by atoms with Gasteiger partial charge in [-0.25, -0.2) is 13.6 Å². The van der Waals surface area contributed by atoms with Crippen LogP contribution in [-0.2, 0) is 9.59 Å². The van der Waals surface area contributed by atoms with Crippen molar-refractivity contribution in [3.63, 3.8) is 0 Å². The molecule has 0 heterocycles. The topological polar surface area (TPSA) is 66.4 Å². The Morgan fingerprint density at radius 2 is 2.00 bits per heavy atom. The number of carbonyl (C=O) groups is 2. The minimum atomic E-state index is -2.63. The van der Waals surface area contributed by atoms with E-state index in [1.54, 1.807) is 0 Å². The van der Waals surface area contributed by atoms with Crippen molar-refractivity contribution in [2.24, 2.45) is 5.92 Å². The van der Waals surface area contributed by atoms with Gasteiger partial charge >= 0.3 is 11.9 Å². The normalized spacial score (nSPS) is 20.5. The van der Waals surface area contributed by atoms with Crippen molar-refractivity contribution in [1.82, 2.24) is 5.32 Å². The molecule has 0 unspecified atom stereocenters. The Kier molecular flexibility index (Phi) is 2.49. The molecule has 0 atom stereocenters. The van der Waals surface area contributed by atoms with Crippen molar-refractivity contribution < 1.29 is 23.5 Å². The Hall–Kier alpha value is -1.20. The Bertz CT molecular complexity index is 234. The highest BCUT2D eigenvalue weighted by Crippen LogP contribution is 2.41. The zero-order valence-corrected chi connectivity index (χ0v) is 6.72. The van der Waals surface area contributed by atoms with E-state index in [9.17, 15) is 18.4 Å². The lowest BCUT2D eigenvalue weighted by molar-refractivity contribution is -0.151. The maximum atomic E-state index is 12.2. The van der Waals surface area contributed by atoms with E-state index in [1.807, 2.05) is 0 Å². The predicted octanol–water partition coefficient (Wildman–Crippen LogP) is 0.232. The van der Waals surface area contributed by atoms with E-state index in [0.717, 1.165) is 0 Å². The van der Waals surface area contributed by atoms with E-state index in [4.69, 9.17) is 5.11 Å². The van der Waals surface area contributed by atoms with Gasteiger partial charge in [-0.2, -0.15) is 0 Å². The number of carboxylic acid groups (broad SMARTS) is 1. The van der Waals surface area contributed by atoms with Gasteiger partial charge in [0.15, 0.2) is 0 Å². The van der Waals surface area contributed by atoms with Crippen molar-refractivity contribution in [3.05, 3.63) is 0 Å². The molecule has 4 nitrogen and oxygen atoms in total. The third-order valence-corrected chi connectivity index (χ3v) is 1.92. The third-order valence-electron chi connectivity index (χ3n) is 1.92. The lowest BCUT2D eigenvalue weighted by Crippen LogP contribution is -2.43. The summed E-state index contributed by atoms with van der Waals surface area (Å²) >= 11 is 0. The van der Waals surface area contributed by atoms with E-state index in [0.29, 0.717) is 0 Å². The maximum absolute atomic E-state index is 12.2. The summed E-state index contributed by atoms with van der Waals surface area (Å²) < 4.78 is 24.5. The van der Waals surface area contributed by atoms with Gasteiger partial charge in [0.1, 0.15) is 0 Å². The average Bonchev–Trinajstić information content (AvgIpc) is 1.95. The highest BCUT2D eigenvalue weighted by atomic mass is 19.3. The predicted molar refractivity (Wildman–Crippen MR) is 38.3 cm³/mol. The van der Waals surface area contributed by atoms with Gasteiger partial charge in [0.05, 0.1) is 0 Å². The van der Waals surface area contributed by atoms with Crippen LogP contribution in [0.1, 0.15) is 12.8 Å². The van der Waals surface area contributed by atoms with Crippen LogP contribution in [-0.4, -0.2) is 29.5 Å². The summed E-state index contributed by atoms with van der Waals surface area (Å²) in [5, 5.41) is 10.2. The lowest BCUT2D eigenvalue weighted by atomic mass is 9.81. The van der Waals surface area contributed by atoms with Crippen LogP contribution in [0.5, 0.6) is 0 Å². The molecule has 0 saturated heterocycles. The van der Waals surface area contributed by atoms with Gasteiger partial charge in [0.2, 0.25) is 5.92 Å². The first kappa shape index (κ1) is 9.88. The number of halogens is 2. The second-order valence-electron chi connectivity index (χ2n) is 3.15. The van der Waals surface area contributed by atoms with Gasteiger partial charge in [-0.1, -0.05) is 0 Å². The molecule has 1 amide bonds. The summed E-state index contributed by atoms with van der Waals surface area (Å²) in [6.45, 7) is 0.0146. The molecular weight excluding hydrogens is 184 g/mol. The Balaban J connectivity index is 2.16. The smallest absolute Gasteiger partial charge is 0.394 e. The molecule has 0 bridgehead atoms. The fourth-order valence-electron chi connectivity index (χ4n) is 1.24. The van der Waals surface area contributed by atoms with Crippen molar-refractivity contribution in [2.45, 2.75) is 18.8 Å². The van der Waals surface area contributed by atoms with Crippen LogP contribution in [0.15, 0.2) is 0 Å². The van der Waals surface area contributed by atoms with Gasteiger partial charge < -0.3 is 10.4 Å². The third kappa shape index (κ3) is 2.64. The molecule has 0 aliphatic heterocycles. The van der Waals surface area contributed by atoms with Crippen LogP contribution >= 0.6 is 0 Å². The first-order chi connectivity index (χ1) is 5.91. The highest BCUT2D eigenvalue weighted by molar-refractivity contribution is 6.31. The van der Waals surface area contributed by atoms with Crippen LogP contribution in [0, 0.1) is 5.92 Å². The van der Waals surface area contributed by atoms with Crippen molar-refractivity contribution in [3.8, 4) is 0 Å².